The van der Waals surface area contributed by atoms with Crippen LogP contribution in [0.2, 0.25) is 0 Å². The lowest BCUT2D eigenvalue weighted by atomic mass is 10.0. The van der Waals surface area contributed by atoms with Crippen LogP contribution in [0.1, 0.15) is 22.4 Å². The highest BCUT2D eigenvalue weighted by Crippen LogP contribution is 2.27. The molecule has 5 heteroatoms. The van der Waals surface area contributed by atoms with Crippen molar-refractivity contribution in [3.63, 3.8) is 0 Å². The van der Waals surface area contributed by atoms with E-state index in [1.165, 1.54) is 11.1 Å². The van der Waals surface area contributed by atoms with E-state index in [0.29, 0.717) is 32.8 Å². The predicted octanol–water partition coefficient (Wildman–Crippen LogP) is 2.51. The summed E-state index contributed by atoms with van der Waals surface area (Å²) in [6, 6.07) is 4.32. The van der Waals surface area contributed by atoms with E-state index in [0.717, 1.165) is 22.2 Å². The van der Waals surface area contributed by atoms with Crippen LogP contribution in [0.15, 0.2) is 12.1 Å². The number of benzene rings is 1. The summed E-state index contributed by atoms with van der Waals surface area (Å²) in [5.41, 5.74) is 5.72. The summed E-state index contributed by atoms with van der Waals surface area (Å²) in [5.74, 6) is 0.104. The average Bonchev–Trinajstić information content (AvgIpc) is 2.85. The van der Waals surface area contributed by atoms with Gasteiger partial charge in [0.25, 0.3) is 0 Å². The van der Waals surface area contributed by atoms with Gasteiger partial charge in [0.05, 0.1) is 32.3 Å². The lowest BCUT2D eigenvalue weighted by Crippen LogP contribution is -2.41. The summed E-state index contributed by atoms with van der Waals surface area (Å²) in [7, 11) is 1.83. The number of hydrogen-bond donors (Lipinski definition) is 1. The summed E-state index contributed by atoms with van der Waals surface area (Å²) in [6.45, 7) is 8.60. The molecule has 0 spiro atoms. The second-order valence-electron chi connectivity index (χ2n) is 6.75. The minimum Gasteiger partial charge on any atom is -0.376 e. The zero-order valence-corrected chi connectivity index (χ0v) is 14.9. The number of ether oxygens (including phenoxy) is 2. The molecular weight excluding hydrogens is 304 g/mol. The van der Waals surface area contributed by atoms with Gasteiger partial charge in [-0.3, -0.25) is 4.79 Å². The zero-order valence-electron chi connectivity index (χ0n) is 14.9. The van der Waals surface area contributed by atoms with Gasteiger partial charge in [-0.15, -0.1) is 0 Å². The van der Waals surface area contributed by atoms with E-state index in [9.17, 15) is 4.79 Å². The van der Waals surface area contributed by atoms with Crippen LogP contribution < -0.4 is 0 Å². The number of hydrogen-bond acceptors (Lipinski definition) is 3. The number of aromatic nitrogens is 1. The molecule has 2 aromatic rings. The third-order valence-corrected chi connectivity index (χ3v) is 4.69. The highest BCUT2D eigenvalue weighted by Gasteiger charge is 2.21. The summed E-state index contributed by atoms with van der Waals surface area (Å²) in [4.78, 5) is 17.8. The van der Waals surface area contributed by atoms with E-state index in [4.69, 9.17) is 9.47 Å². The van der Waals surface area contributed by atoms with E-state index in [-0.39, 0.29) is 12.0 Å². The molecule has 130 valence electrons. The molecule has 1 atom stereocenters. The molecule has 24 heavy (non-hydrogen) atoms. The van der Waals surface area contributed by atoms with Gasteiger partial charge in [-0.25, -0.2) is 0 Å². The number of nitrogens with one attached hydrogen (secondary N) is 1. The van der Waals surface area contributed by atoms with Crippen LogP contribution in [0.5, 0.6) is 0 Å². The van der Waals surface area contributed by atoms with Crippen LogP contribution >= 0.6 is 0 Å². The molecule has 1 aliphatic rings. The normalized spacial score (nSPS) is 18.1. The Morgan fingerprint density at radius 1 is 1.29 bits per heavy atom. The first-order valence-corrected chi connectivity index (χ1v) is 8.47. The molecule has 1 amide bonds. The van der Waals surface area contributed by atoms with Gasteiger partial charge in [-0.2, -0.15) is 0 Å². The van der Waals surface area contributed by atoms with Crippen molar-refractivity contribution in [2.75, 3.05) is 33.4 Å². The maximum absolute atomic E-state index is 12.7. The standard InChI is InChI=1S/C19H26N2O3/c1-12-7-13(2)19-17(8-12)16(14(3)20-19)9-18(22)21(4)10-15-11-23-5-6-24-15/h7-8,15,20H,5-6,9-11H2,1-4H3. The predicted molar refractivity (Wildman–Crippen MR) is 94.4 cm³/mol. The monoisotopic (exact) mass is 330 g/mol. The van der Waals surface area contributed by atoms with Crippen molar-refractivity contribution in [2.24, 2.45) is 0 Å². The average molecular weight is 330 g/mol. The Morgan fingerprint density at radius 3 is 2.79 bits per heavy atom. The molecule has 1 fully saturated rings. The first kappa shape index (κ1) is 17.0. The molecule has 0 bridgehead atoms. The SMILES string of the molecule is Cc1cc(C)c2[nH]c(C)c(CC(=O)N(C)CC3COCCO3)c2c1. The molecule has 1 unspecified atom stereocenters. The Morgan fingerprint density at radius 2 is 2.08 bits per heavy atom. The number of H-pyrrole nitrogens is 1. The summed E-state index contributed by atoms with van der Waals surface area (Å²) in [6.07, 6.45) is 0.375. The van der Waals surface area contributed by atoms with Crippen LogP contribution in [-0.4, -0.2) is 55.3 Å². The Balaban J connectivity index is 1.76. The lowest BCUT2D eigenvalue weighted by Gasteiger charge is -2.27. The second kappa shape index (κ2) is 6.95. The third-order valence-electron chi connectivity index (χ3n) is 4.69. The van der Waals surface area contributed by atoms with Crippen molar-refractivity contribution < 1.29 is 14.3 Å². The van der Waals surface area contributed by atoms with Gasteiger partial charge in [0.1, 0.15) is 0 Å². The Hall–Kier alpha value is -1.85. The molecular formula is C19H26N2O3. The quantitative estimate of drug-likeness (QED) is 0.937. The van der Waals surface area contributed by atoms with Crippen molar-refractivity contribution in [2.45, 2.75) is 33.3 Å². The van der Waals surface area contributed by atoms with Gasteiger partial charge < -0.3 is 19.4 Å². The van der Waals surface area contributed by atoms with Gasteiger partial charge in [-0.1, -0.05) is 11.6 Å². The number of fused-ring (bicyclic) bond motifs is 1. The first-order chi connectivity index (χ1) is 11.5. The van der Waals surface area contributed by atoms with Gasteiger partial charge in [-0.05, 0) is 38.0 Å². The smallest absolute Gasteiger partial charge is 0.226 e. The first-order valence-electron chi connectivity index (χ1n) is 8.47. The van der Waals surface area contributed by atoms with Crippen LogP contribution in [0, 0.1) is 20.8 Å². The molecule has 1 N–H and O–H groups in total. The number of carbonyl (C=O) groups is 1. The van der Waals surface area contributed by atoms with Crippen LogP contribution in [-0.2, 0) is 20.7 Å². The maximum atomic E-state index is 12.7. The molecule has 0 saturated carbocycles. The van der Waals surface area contributed by atoms with E-state index in [1.54, 1.807) is 4.90 Å². The molecule has 1 aromatic heterocycles. The molecule has 3 rings (SSSR count). The van der Waals surface area contributed by atoms with Crippen molar-refractivity contribution in [1.82, 2.24) is 9.88 Å². The topological polar surface area (TPSA) is 54.6 Å². The number of amides is 1. The van der Waals surface area contributed by atoms with Gasteiger partial charge in [0.15, 0.2) is 0 Å². The zero-order chi connectivity index (χ0) is 17.3. The molecule has 2 heterocycles. The summed E-state index contributed by atoms with van der Waals surface area (Å²) < 4.78 is 11.0. The van der Waals surface area contributed by atoms with Crippen molar-refractivity contribution in [3.8, 4) is 0 Å². The number of rotatable bonds is 4. The largest absolute Gasteiger partial charge is 0.376 e. The van der Waals surface area contributed by atoms with Gasteiger partial charge >= 0.3 is 0 Å². The van der Waals surface area contributed by atoms with Crippen LogP contribution in [0.25, 0.3) is 10.9 Å². The minimum absolute atomic E-state index is 0.0266. The number of aromatic amines is 1. The van der Waals surface area contributed by atoms with Crippen molar-refractivity contribution in [3.05, 3.63) is 34.5 Å². The summed E-state index contributed by atoms with van der Waals surface area (Å²) in [5, 5.41) is 1.16. The highest BCUT2D eigenvalue weighted by molar-refractivity contribution is 5.92. The molecule has 1 aliphatic heterocycles. The fraction of sp³-hybridized carbons (Fsp3) is 0.526. The van der Waals surface area contributed by atoms with Crippen LogP contribution in [0.3, 0.4) is 0 Å². The fourth-order valence-electron chi connectivity index (χ4n) is 3.40. The number of likely N-dealkylation sites (N-methyl/N-ethyl adjacent to an activating group) is 1. The van der Waals surface area contributed by atoms with Crippen molar-refractivity contribution >= 4 is 16.8 Å². The third kappa shape index (κ3) is 3.47. The van der Waals surface area contributed by atoms with E-state index >= 15 is 0 Å². The second-order valence-corrected chi connectivity index (χ2v) is 6.75. The van der Waals surface area contributed by atoms with Crippen LogP contribution in [0.4, 0.5) is 0 Å². The summed E-state index contributed by atoms with van der Waals surface area (Å²) >= 11 is 0. The van der Waals surface area contributed by atoms with Gasteiger partial charge in [0, 0.05) is 30.2 Å². The highest BCUT2D eigenvalue weighted by atomic mass is 16.6. The minimum atomic E-state index is -0.0266. The van der Waals surface area contributed by atoms with Crippen molar-refractivity contribution in [1.29, 1.82) is 0 Å². The number of nitrogens with zero attached hydrogens (tertiary/aromatic N) is 1. The fourth-order valence-corrected chi connectivity index (χ4v) is 3.40. The van der Waals surface area contributed by atoms with Gasteiger partial charge in [0.2, 0.25) is 5.91 Å². The number of aryl methyl sites for hydroxylation is 3. The lowest BCUT2D eigenvalue weighted by molar-refractivity contribution is -0.135. The molecule has 1 aromatic carbocycles. The Bertz CT molecular complexity index is 745. The Labute approximate surface area is 142 Å². The molecule has 1 saturated heterocycles. The van der Waals surface area contributed by atoms with E-state index < -0.39 is 0 Å². The number of carbonyl (C=O) groups excluding carboxylic acids is 1. The molecule has 0 aliphatic carbocycles. The molecule has 5 nitrogen and oxygen atoms in total. The molecule has 0 radical (unpaired) electrons. The van der Waals surface area contributed by atoms with E-state index in [1.807, 2.05) is 14.0 Å². The Kier molecular flexibility index (Phi) is 4.92. The van der Waals surface area contributed by atoms with E-state index in [2.05, 4.69) is 31.0 Å². The maximum Gasteiger partial charge on any atom is 0.226 e.